The first-order valence-corrected chi connectivity index (χ1v) is 2.83. The zero-order valence-corrected chi connectivity index (χ0v) is 5.11. The SMILES string of the molecule is Nc1cc2ccnnc2o1. The topological polar surface area (TPSA) is 64.9 Å². The summed E-state index contributed by atoms with van der Waals surface area (Å²) in [5.41, 5.74) is 5.84. The zero-order valence-electron chi connectivity index (χ0n) is 5.11. The molecule has 0 amide bonds. The van der Waals surface area contributed by atoms with E-state index >= 15 is 0 Å². The summed E-state index contributed by atoms with van der Waals surface area (Å²) in [4.78, 5) is 0. The number of hydrogen-bond acceptors (Lipinski definition) is 4. The maximum absolute atomic E-state index is 5.36. The lowest BCUT2D eigenvalue weighted by molar-refractivity contribution is 0.617. The fourth-order valence-corrected chi connectivity index (χ4v) is 0.812. The van der Waals surface area contributed by atoms with Gasteiger partial charge in [-0.1, -0.05) is 0 Å². The average Bonchev–Trinajstić information content (AvgIpc) is 2.27. The van der Waals surface area contributed by atoms with Gasteiger partial charge < -0.3 is 10.2 Å². The van der Waals surface area contributed by atoms with Crippen molar-refractivity contribution in [3.8, 4) is 0 Å². The summed E-state index contributed by atoms with van der Waals surface area (Å²) in [6, 6.07) is 3.51. The number of fused-ring (bicyclic) bond motifs is 1. The Kier molecular flexibility index (Phi) is 0.887. The van der Waals surface area contributed by atoms with Crippen molar-refractivity contribution in [1.29, 1.82) is 0 Å². The van der Waals surface area contributed by atoms with Crippen LogP contribution in [0.5, 0.6) is 0 Å². The predicted octanol–water partition coefficient (Wildman–Crippen LogP) is 0.805. The largest absolute Gasteiger partial charge is 0.421 e. The Labute approximate surface area is 56.7 Å². The summed E-state index contributed by atoms with van der Waals surface area (Å²) in [5, 5.41) is 8.21. The molecule has 0 aliphatic heterocycles. The molecule has 2 aromatic rings. The monoisotopic (exact) mass is 135 g/mol. The standard InChI is InChI=1S/C6H5N3O/c7-5-3-4-1-2-8-9-6(4)10-5/h1-3H,7H2. The van der Waals surface area contributed by atoms with E-state index in [-0.39, 0.29) is 0 Å². The molecule has 0 aromatic carbocycles. The van der Waals surface area contributed by atoms with Gasteiger partial charge in [-0.3, -0.25) is 0 Å². The average molecular weight is 135 g/mol. The molecular formula is C6H5N3O. The molecule has 0 spiro atoms. The number of nitrogens with two attached hydrogens (primary N) is 1. The first-order valence-electron chi connectivity index (χ1n) is 2.83. The van der Waals surface area contributed by atoms with Gasteiger partial charge in [-0.15, -0.1) is 5.10 Å². The van der Waals surface area contributed by atoms with Gasteiger partial charge in [0.2, 0.25) is 5.71 Å². The number of furan rings is 1. The van der Waals surface area contributed by atoms with Gasteiger partial charge in [0, 0.05) is 11.5 Å². The fraction of sp³-hybridized carbons (Fsp3) is 0. The second kappa shape index (κ2) is 1.70. The van der Waals surface area contributed by atoms with E-state index in [1.165, 1.54) is 0 Å². The maximum Gasteiger partial charge on any atom is 0.248 e. The van der Waals surface area contributed by atoms with Gasteiger partial charge in [-0.05, 0) is 6.07 Å². The third kappa shape index (κ3) is 0.621. The minimum absolute atomic E-state index is 0.371. The van der Waals surface area contributed by atoms with Crippen molar-refractivity contribution >= 4 is 17.0 Å². The minimum Gasteiger partial charge on any atom is -0.421 e. The molecule has 0 saturated carbocycles. The molecular weight excluding hydrogens is 130 g/mol. The molecule has 2 N–H and O–H groups in total. The number of anilines is 1. The molecule has 50 valence electrons. The molecule has 4 nitrogen and oxygen atoms in total. The third-order valence-electron chi connectivity index (χ3n) is 1.23. The number of aromatic nitrogens is 2. The molecule has 2 aromatic heterocycles. The van der Waals surface area contributed by atoms with Crippen LogP contribution in [0, 0.1) is 0 Å². The molecule has 0 unspecified atom stereocenters. The first kappa shape index (κ1) is 5.22. The zero-order chi connectivity index (χ0) is 6.97. The van der Waals surface area contributed by atoms with E-state index in [9.17, 15) is 0 Å². The highest BCUT2D eigenvalue weighted by molar-refractivity contribution is 5.75. The van der Waals surface area contributed by atoms with Crippen LogP contribution in [0.3, 0.4) is 0 Å². The fourth-order valence-electron chi connectivity index (χ4n) is 0.812. The smallest absolute Gasteiger partial charge is 0.248 e. The Balaban J connectivity index is 2.88. The molecule has 0 fully saturated rings. The maximum atomic E-state index is 5.36. The van der Waals surface area contributed by atoms with Crippen molar-refractivity contribution in [2.75, 3.05) is 5.73 Å². The Bertz CT molecular complexity index is 322. The molecule has 0 radical (unpaired) electrons. The summed E-state index contributed by atoms with van der Waals surface area (Å²) in [6.07, 6.45) is 1.59. The van der Waals surface area contributed by atoms with Crippen LogP contribution < -0.4 is 5.73 Å². The lowest BCUT2D eigenvalue weighted by Crippen LogP contribution is -1.76. The molecule has 4 heteroatoms. The summed E-state index contributed by atoms with van der Waals surface area (Å²) >= 11 is 0. The van der Waals surface area contributed by atoms with Gasteiger partial charge in [0.15, 0.2) is 5.88 Å². The first-order chi connectivity index (χ1) is 4.86. The summed E-state index contributed by atoms with van der Waals surface area (Å²) in [5.74, 6) is 0.371. The van der Waals surface area contributed by atoms with Crippen LogP contribution in [0.1, 0.15) is 0 Å². The van der Waals surface area contributed by atoms with Crippen LogP contribution in [-0.2, 0) is 0 Å². The Morgan fingerprint density at radius 3 is 3.20 bits per heavy atom. The molecule has 0 aliphatic carbocycles. The summed E-state index contributed by atoms with van der Waals surface area (Å²) in [6.45, 7) is 0. The second-order valence-electron chi connectivity index (χ2n) is 1.94. The third-order valence-corrected chi connectivity index (χ3v) is 1.23. The number of nitrogen functional groups attached to an aromatic ring is 1. The van der Waals surface area contributed by atoms with Crippen LogP contribution in [0.4, 0.5) is 5.88 Å². The van der Waals surface area contributed by atoms with Crippen molar-refractivity contribution in [1.82, 2.24) is 10.2 Å². The van der Waals surface area contributed by atoms with E-state index in [4.69, 9.17) is 10.2 Å². The molecule has 0 aliphatic rings. The molecule has 2 heterocycles. The van der Waals surface area contributed by atoms with Gasteiger partial charge in [-0.2, -0.15) is 5.10 Å². The van der Waals surface area contributed by atoms with Crippen LogP contribution in [0.15, 0.2) is 22.7 Å². The van der Waals surface area contributed by atoms with E-state index in [1.807, 2.05) is 0 Å². The quantitative estimate of drug-likeness (QED) is 0.580. The molecule has 0 bridgehead atoms. The van der Waals surface area contributed by atoms with Crippen molar-refractivity contribution < 1.29 is 4.42 Å². The minimum atomic E-state index is 0.371. The van der Waals surface area contributed by atoms with Gasteiger partial charge in [0.25, 0.3) is 0 Å². The number of nitrogens with zero attached hydrogens (tertiary/aromatic N) is 2. The van der Waals surface area contributed by atoms with Gasteiger partial charge in [0.1, 0.15) is 0 Å². The highest BCUT2D eigenvalue weighted by Crippen LogP contribution is 2.16. The van der Waals surface area contributed by atoms with E-state index in [0.717, 1.165) is 5.39 Å². The highest BCUT2D eigenvalue weighted by Gasteiger charge is 1.98. The molecule has 0 atom stereocenters. The van der Waals surface area contributed by atoms with Crippen molar-refractivity contribution in [3.63, 3.8) is 0 Å². The van der Waals surface area contributed by atoms with Gasteiger partial charge >= 0.3 is 0 Å². The molecule has 0 saturated heterocycles. The van der Waals surface area contributed by atoms with Crippen molar-refractivity contribution in [3.05, 3.63) is 18.3 Å². The normalized spacial score (nSPS) is 10.4. The lowest BCUT2D eigenvalue weighted by atomic mass is 10.4. The van der Waals surface area contributed by atoms with E-state index < -0.39 is 0 Å². The number of rotatable bonds is 0. The molecule has 2 rings (SSSR count). The van der Waals surface area contributed by atoms with Gasteiger partial charge in [0.05, 0.1) is 6.20 Å². The van der Waals surface area contributed by atoms with E-state index in [1.54, 1.807) is 18.3 Å². The van der Waals surface area contributed by atoms with Crippen LogP contribution in [-0.4, -0.2) is 10.2 Å². The van der Waals surface area contributed by atoms with Crippen LogP contribution in [0.2, 0.25) is 0 Å². The Morgan fingerprint density at radius 2 is 2.40 bits per heavy atom. The number of hydrogen-bond donors (Lipinski definition) is 1. The Hall–Kier alpha value is -1.58. The summed E-state index contributed by atoms with van der Waals surface area (Å²) < 4.78 is 4.97. The molecule has 10 heavy (non-hydrogen) atoms. The van der Waals surface area contributed by atoms with Crippen LogP contribution in [0.25, 0.3) is 11.1 Å². The van der Waals surface area contributed by atoms with Gasteiger partial charge in [-0.25, -0.2) is 0 Å². The predicted molar refractivity (Wildman–Crippen MR) is 36.2 cm³/mol. The Morgan fingerprint density at radius 1 is 1.50 bits per heavy atom. The highest BCUT2D eigenvalue weighted by atomic mass is 16.4. The summed E-state index contributed by atoms with van der Waals surface area (Å²) in [7, 11) is 0. The van der Waals surface area contributed by atoms with Crippen molar-refractivity contribution in [2.45, 2.75) is 0 Å². The van der Waals surface area contributed by atoms with Crippen molar-refractivity contribution in [2.24, 2.45) is 0 Å². The second-order valence-corrected chi connectivity index (χ2v) is 1.94. The van der Waals surface area contributed by atoms with Crippen LogP contribution >= 0.6 is 0 Å². The van der Waals surface area contributed by atoms with E-state index in [2.05, 4.69) is 10.2 Å². The lowest BCUT2D eigenvalue weighted by Gasteiger charge is -1.79. The van der Waals surface area contributed by atoms with E-state index in [0.29, 0.717) is 11.6 Å².